The maximum absolute atomic E-state index is 13.1. The van der Waals surface area contributed by atoms with Crippen molar-refractivity contribution >= 4 is 24.0 Å². The molecular weight excluding hydrogens is 397 g/mol. The summed E-state index contributed by atoms with van der Waals surface area (Å²) >= 11 is 5.98. The summed E-state index contributed by atoms with van der Waals surface area (Å²) in [7, 11) is 0. The molecule has 0 radical (unpaired) electrons. The fourth-order valence-electron chi connectivity index (χ4n) is 3.68. The van der Waals surface area contributed by atoms with Gasteiger partial charge in [0.25, 0.3) is 6.47 Å². The zero-order chi connectivity index (χ0) is 20.9. The van der Waals surface area contributed by atoms with Crippen LogP contribution in [-0.4, -0.2) is 47.7 Å². The van der Waals surface area contributed by atoms with E-state index >= 15 is 0 Å². The van der Waals surface area contributed by atoms with E-state index in [1.54, 1.807) is 6.07 Å². The summed E-state index contributed by atoms with van der Waals surface area (Å²) < 4.78 is 39.3. The van der Waals surface area contributed by atoms with Crippen LogP contribution in [0.4, 0.5) is 13.2 Å². The Hall–Kier alpha value is -1.80. The first-order valence-electron chi connectivity index (χ1n) is 9.08. The second kappa shape index (κ2) is 9.13. The van der Waals surface area contributed by atoms with Gasteiger partial charge in [-0.05, 0) is 55.7 Å². The van der Waals surface area contributed by atoms with E-state index in [1.165, 1.54) is 4.90 Å². The molecule has 1 aromatic carbocycles. The highest BCUT2D eigenvalue weighted by Gasteiger charge is 2.69. The van der Waals surface area contributed by atoms with E-state index in [1.807, 2.05) is 18.2 Å². The molecule has 1 heterocycles. The van der Waals surface area contributed by atoms with Crippen molar-refractivity contribution in [3.05, 3.63) is 34.9 Å². The SMILES string of the molecule is NC(Cc1cccc(Cl)c1)C1CCN(C(=O)C2(C(F)(F)F)CC2)CC1.O=CO. The molecule has 2 aliphatic rings. The number of rotatable bonds is 4. The number of halogens is 4. The van der Waals surface area contributed by atoms with Gasteiger partial charge in [-0.15, -0.1) is 0 Å². The topological polar surface area (TPSA) is 83.6 Å². The predicted molar refractivity (Wildman–Crippen MR) is 98.9 cm³/mol. The summed E-state index contributed by atoms with van der Waals surface area (Å²) in [4.78, 5) is 22.0. The van der Waals surface area contributed by atoms with Crippen molar-refractivity contribution < 1.29 is 27.9 Å². The summed E-state index contributed by atoms with van der Waals surface area (Å²) in [5.74, 6) is -0.550. The van der Waals surface area contributed by atoms with Gasteiger partial charge in [0, 0.05) is 24.2 Å². The van der Waals surface area contributed by atoms with Crippen molar-refractivity contribution in [1.29, 1.82) is 0 Å². The summed E-state index contributed by atoms with van der Waals surface area (Å²) in [6, 6.07) is 7.42. The van der Waals surface area contributed by atoms with Crippen molar-refractivity contribution in [2.75, 3.05) is 13.1 Å². The molecule has 0 spiro atoms. The quantitative estimate of drug-likeness (QED) is 0.730. The molecule has 1 saturated heterocycles. The Kier molecular flexibility index (Phi) is 7.33. The van der Waals surface area contributed by atoms with E-state index in [2.05, 4.69) is 0 Å². The Balaban J connectivity index is 0.000000878. The van der Waals surface area contributed by atoms with E-state index < -0.39 is 17.5 Å². The molecular formula is C19H24ClF3N2O3. The van der Waals surface area contributed by atoms with Crippen LogP contribution in [0, 0.1) is 11.3 Å². The fourth-order valence-corrected chi connectivity index (χ4v) is 3.89. The fraction of sp³-hybridized carbons (Fsp3) is 0.579. The van der Waals surface area contributed by atoms with Gasteiger partial charge in [-0.3, -0.25) is 9.59 Å². The molecule has 1 amide bonds. The maximum atomic E-state index is 13.1. The van der Waals surface area contributed by atoms with Crippen molar-refractivity contribution in [1.82, 2.24) is 4.90 Å². The van der Waals surface area contributed by atoms with Crippen LogP contribution in [0.1, 0.15) is 31.2 Å². The number of amides is 1. The van der Waals surface area contributed by atoms with Gasteiger partial charge in [-0.1, -0.05) is 23.7 Å². The highest BCUT2D eigenvalue weighted by Crippen LogP contribution is 2.58. The summed E-state index contributed by atoms with van der Waals surface area (Å²) in [5, 5.41) is 7.55. The minimum absolute atomic E-state index is 0.0798. The number of nitrogens with zero attached hydrogens (tertiary/aromatic N) is 1. The molecule has 2 fully saturated rings. The van der Waals surface area contributed by atoms with Crippen LogP contribution in [0.3, 0.4) is 0 Å². The number of hydrogen-bond acceptors (Lipinski definition) is 3. The largest absolute Gasteiger partial charge is 0.483 e. The Bertz CT molecular complexity index is 687. The lowest BCUT2D eigenvalue weighted by Gasteiger charge is -2.37. The van der Waals surface area contributed by atoms with Gasteiger partial charge in [-0.2, -0.15) is 13.2 Å². The first kappa shape index (κ1) is 22.5. The van der Waals surface area contributed by atoms with E-state index in [9.17, 15) is 18.0 Å². The van der Waals surface area contributed by atoms with Gasteiger partial charge in [0.05, 0.1) is 0 Å². The molecule has 3 N–H and O–H groups in total. The monoisotopic (exact) mass is 420 g/mol. The van der Waals surface area contributed by atoms with Crippen LogP contribution in [0.25, 0.3) is 0 Å². The molecule has 5 nitrogen and oxygen atoms in total. The molecule has 1 saturated carbocycles. The molecule has 3 rings (SSSR count). The molecule has 1 unspecified atom stereocenters. The molecule has 1 aliphatic heterocycles. The van der Waals surface area contributed by atoms with Gasteiger partial charge < -0.3 is 15.7 Å². The van der Waals surface area contributed by atoms with Crippen LogP contribution < -0.4 is 5.73 Å². The molecule has 156 valence electrons. The smallest absolute Gasteiger partial charge is 0.403 e. The number of carbonyl (C=O) groups excluding carboxylic acids is 1. The normalized spacial score (nSPS) is 20.0. The maximum Gasteiger partial charge on any atom is 0.403 e. The zero-order valence-electron chi connectivity index (χ0n) is 15.3. The molecule has 0 bridgehead atoms. The molecule has 1 aromatic rings. The standard InChI is InChI=1S/C18H22ClF3N2O.CH2O2/c19-14-3-1-2-12(10-14)11-15(23)13-4-8-24(9-5-13)16(25)17(6-7-17)18(20,21)22;2-1-3/h1-3,10,13,15H,4-9,11,23H2;1H,(H,2,3). The molecule has 0 aromatic heterocycles. The van der Waals surface area contributed by atoms with Crippen molar-refractivity contribution in [2.45, 2.75) is 44.3 Å². The van der Waals surface area contributed by atoms with E-state index in [0.717, 1.165) is 5.56 Å². The average molecular weight is 421 g/mol. The minimum atomic E-state index is -4.44. The van der Waals surface area contributed by atoms with Crippen LogP contribution >= 0.6 is 11.6 Å². The van der Waals surface area contributed by atoms with Gasteiger partial charge in [0.2, 0.25) is 5.91 Å². The van der Waals surface area contributed by atoms with E-state index in [0.29, 0.717) is 37.4 Å². The summed E-state index contributed by atoms with van der Waals surface area (Å²) in [5.41, 5.74) is 5.23. The summed E-state index contributed by atoms with van der Waals surface area (Å²) in [6.07, 6.45) is -2.65. The van der Waals surface area contributed by atoms with Crippen molar-refractivity contribution in [2.24, 2.45) is 17.1 Å². The van der Waals surface area contributed by atoms with Crippen LogP contribution in [0.5, 0.6) is 0 Å². The molecule has 1 aliphatic carbocycles. The second-order valence-electron chi connectivity index (χ2n) is 7.31. The highest BCUT2D eigenvalue weighted by atomic mass is 35.5. The highest BCUT2D eigenvalue weighted by molar-refractivity contribution is 6.30. The minimum Gasteiger partial charge on any atom is -0.483 e. The number of nitrogens with two attached hydrogens (primary N) is 1. The van der Waals surface area contributed by atoms with Gasteiger partial charge >= 0.3 is 6.18 Å². The third kappa shape index (κ3) is 5.17. The van der Waals surface area contributed by atoms with Crippen molar-refractivity contribution in [3.8, 4) is 0 Å². The van der Waals surface area contributed by atoms with Crippen LogP contribution in [0.2, 0.25) is 5.02 Å². The molecule has 1 atom stereocenters. The lowest BCUT2D eigenvalue weighted by molar-refractivity contribution is -0.199. The number of alkyl halides is 3. The van der Waals surface area contributed by atoms with Crippen LogP contribution in [-0.2, 0) is 16.0 Å². The number of likely N-dealkylation sites (tertiary alicyclic amines) is 1. The Labute approximate surface area is 166 Å². The van der Waals surface area contributed by atoms with Crippen molar-refractivity contribution in [3.63, 3.8) is 0 Å². The second-order valence-corrected chi connectivity index (χ2v) is 7.75. The lowest BCUT2D eigenvalue weighted by atomic mass is 9.86. The van der Waals surface area contributed by atoms with Gasteiger partial charge in [-0.25, -0.2) is 0 Å². The first-order valence-corrected chi connectivity index (χ1v) is 9.46. The Morgan fingerprint density at radius 3 is 2.39 bits per heavy atom. The molecule has 28 heavy (non-hydrogen) atoms. The van der Waals surface area contributed by atoms with E-state index in [4.69, 9.17) is 27.2 Å². The van der Waals surface area contributed by atoms with Gasteiger partial charge in [0.1, 0.15) is 5.41 Å². The molecule has 9 heteroatoms. The average Bonchev–Trinajstić information content (AvgIpc) is 3.44. The number of piperidine rings is 1. The number of benzene rings is 1. The first-order chi connectivity index (χ1) is 13.1. The number of hydrogen-bond donors (Lipinski definition) is 2. The predicted octanol–water partition coefficient (Wildman–Crippen LogP) is 3.49. The van der Waals surface area contributed by atoms with Crippen LogP contribution in [0.15, 0.2) is 24.3 Å². The third-order valence-corrected chi connectivity index (χ3v) is 5.73. The van der Waals surface area contributed by atoms with E-state index in [-0.39, 0.29) is 31.3 Å². The number of carboxylic acid groups (broad SMARTS) is 1. The van der Waals surface area contributed by atoms with Gasteiger partial charge in [0.15, 0.2) is 0 Å². The summed E-state index contributed by atoms with van der Waals surface area (Å²) in [6.45, 7) is 0.454. The third-order valence-electron chi connectivity index (χ3n) is 5.49. The number of carbonyl (C=O) groups is 2. The Morgan fingerprint density at radius 1 is 1.36 bits per heavy atom. The zero-order valence-corrected chi connectivity index (χ0v) is 16.0. The lowest BCUT2D eigenvalue weighted by Crippen LogP contribution is -2.49. The Morgan fingerprint density at radius 2 is 1.93 bits per heavy atom.